The molecule has 1 atom stereocenters. The molecule has 0 saturated carbocycles. The average molecular weight is 319 g/mol. The van der Waals surface area contributed by atoms with E-state index in [2.05, 4.69) is 52.1 Å². The number of hydrogen-bond acceptors (Lipinski definition) is 2. The Balaban J connectivity index is 3.18. The fourth-order valence-corrected chi connectivity index (χ4v) is 2.85. The van der Waals surface area contributed by atoms with Gasteiger partial charge in [0.1, 0.15) is 5.60 Å². The Kier molecular flexibility index (Phi) is 7.27. The van der Waals surface area contributed by atoms with Gasteiger partial charge in [0, 0.05) is 5.69 Å². The number of rotatable bonds is 8. The number of para-hydroxylation sites is 1. The third-order valence-corrected chi connectivity index (χ3v) is 4.56. The second-order valence-electron chi connectivity index (χ2n) is 7.06. The first-order valence-electron chi connectivity index (χ1n) is 8.93. The van der Waals surface area contributed by atoms with Crippen molar-refractivity contribution in [2.75, 3.05) is 5.32 Å². The summed E-state index contributed by atoms with van der Waals surface area (Å²) >= 11 is 0. The number of amides is 1. The number of unbranched alkanes of at least 4 members (excludes halogenated alkanes) is 1. The summed E-state index contributed by atoms with van der Waals surface area (Å²) in [6, 6.07) is 6.16. The standard InChI is InChI=1S/C20H33NO2/c1-7-9-13-20(23,8-2)19(22)21-18-16(14(3)4)11-10-12-17(18)15(5)6/h10-12,14-15,23H,7-9,13H2,1-6H3,(H,21,22)/t20-/m0/s1. The Morgan fingerprint density at radius 2 is 1.65 bits per heavy atom. The molecule has 3 heteroatoms. The van der Waals surface area contributed by atoms with Crippen LogP contribution in [0.4, 0.5) is 5.69 Å². The van der Waals surface area contributed by atoms with Gasteiger partial charge in [-0.05, 0) is 35.8 Å². The molecule has 2 N–H and O–H groups in total. The molecule has 1 aromatic rings. The van der Waals surface area contributed by atoms with Crippen LogP contribution < -0.4 is 5.32 Å². The largest absolute Gasteiger partial charge is 0.380 e. The van der Waals surface area contributed by atoms with Crippen molar-refractivity contribution in [2.24, 2.45) is 0 Å². The summed E-state index contributed by atoms with van der Waals surface area (Å²) in [4.78, 5) is 12.8. The molecule has 0 fully saturated rings. The first kappa shape index (κ1) is 19.7. The van der Waals surface area contributed by atoms with Crippen LogP contribution in [0.15, 0.2) is 18.2 Å². The normalized spacial score (nSPS) is 14.1. The Labute approximate surface area is 141 Å². The lowest BCUT2D eigenvalue weighted by Crippen LogP contribution is -2.42. The second kappa shape index (κ2) is 8.49. The van der Waals surface area contributed by atoms with Crippen molar-refractivity contribution >= 4 is 11.6 Å². The number of aliphatic hydroxyl groups is 1. The summed E-state index contributed by atoms with van der Waals surface area (Å²) in [6.45, 7) is 12.4. The fraction of sp³-hybridized carbons (Fsp3) is 0.650. The van der Waals surface area contributed by atoms with Crippen molar-refractivity contribution in [1.82, 2.24) is 0 Å². The zero-order valence-electron chi connectivity index (χ0n) is 15.6. The first-order chi connectivity index (χ1) is 10.8. The highest BCUT2D eigenvalue weighted by atomic mass is 16.3. The van der Waals surface area contributed by atoms with Crippen LogP contribution in [0, 0.1) is 0 Å². The lowest BCUT2D eigenvalue weighted by molar-refractivity contribution is -0.135. The Morgan fingerprint density at radius 1 is 1.13 bits per heavy atom. The van der Waals surface area contributed by atoms with E-state index in [1.165, 1.54) is 0 Å². The molecule has 0 aromatic heterocycles. The molecule has 0 spiro atoms. The summed E-state index contributed by atoms with van der Waals surface area (Å²) in [7, 11) is 0. The number of anilines is 1. The van der Waals surface area contributed by atoms with Crippen molar-refractivity contribution < 1.29 is 9.90 Å². The molecule has 1 amide bonds. The van der Waals surface area contributed by atoms with E-state index < -0.39 is 5.60 Å². The number of nitrogens with one attached hydrogen (secondary N) is 1. The minimum Gasteiger partial charge on any atom is -0.380 e. The van der Waals surface area contributed by atoms with Crippen LogP contribution in [0.25, 0.3) is 0 Å². The summed E-state index contributed by atoms with van der Waals surface area (Å²) in [5.41, 5.74) is 1.84. The molecule has 0 aliphatic heterocycles. The molecule has 0 saturated heterocycles. The highest BCUT2D eigenvalue weighted by Crippen LogP contribution is 2.33. The van der Waals surface area contributed by atoms with Crippen molar-refractivity contribution in [3.05, 3.63) is 29.3 Å². The van der Waals surface area contributed by atoms with Gasteiger partial charge in [-0.3, -0.25) is 4.79 Å². The maximum absolute atomic E-state index is 12.8. The Morgan fingerprint density at radius 3 is 2.04 bits per heavy atom. The second-order valence-corrected chi connectivity index (χ2v) is 7.06. The molecule has 0 aliphatic carbocycles. The smallest absolute Gasteiger partial charge is 0.256 e. The maximum atomic E-state index is 12.8. The Hall–Kier alpha value is -1.35. The third kappa shape index (κ3) is 4.81. The number of carbonyl (C=O) groups excluding carboxylic acids is 1. The number of carbonyl (C=O) groups is 1. The molecule has 23 heavy (non-hydrogen) atoms. The summed E-state index contributed by atoms with van der Waals surface area (Å²) in [5.74, 6) is 0.354. The third-order valence-electron chi connectivity index (χ3n) is 4.56. The van der Waals surface area contributed by atoms with E-state index in [1.807, 2.05) is 13.0 Å². The van der Waals surface area contributed by atoms with Gasteiger partial charge in [-0.1, -0.05) is 72.6 Å². The molecular formula is C20H33NO2. The monoisotopic (exact) mass is 319 g/mol. The van der Waals surface area contributed by atoms with Crippen LogP contribution in [-0.4, -0.2) is 16.6 Å². The van der Waals surface area contributed by atoms with Crippen LogP contribution in [0.2, 0.25) is 0 Å². The Bertz CT molecular complexity index is 496. The first-order valence-corrected chi connectivity index (χ1v) is 8.93. The van der Waals surface area contributed by atoms with Gasteiger partial charge in [0.15, 0.2) is 0 Å². The molecule has 0 aliphatic rings. The van der Waals surface area contributed by atoms with E-state index in [4.69, 9.17) is 0 Å². The van der Waals surface area contributed by atoms with Crippen LogP contribution in [0.1, 0.15) is 90.2 Å². The predicted molar refractivity (Wildman–Crippen MR) is 98.0 cm³/mol. The maximum Gasteiger partial charge on any atom is 0.256 e. The van der Waals surface area contributed by atoms with Gasteiger partial charge in [0.2, 0.25) is 0 Å². The summed E-state index contributed by atoms with van der Waals surface area (Å²) < 4.78 is 0. The lowest BCUT2D eigenvalue weighted by atomic mass is 9.90. The minimum atomic E-state index is -1.28. The molecule has 0 heterocycles. The molecule has 130 valence electrons. The van der Waals surface area contributed by atoms with Crippen LogP contribution in [-0.2, 0) is 4.79 Å². The predicted octanol–water partition coefficient (Wildman–Crippen LogP) is 5.20. The van der Waals surface area contributed by atoms with E-state index in [0.29, 0.717) is 24.7 Å². The van der Waals surface area contributed by atoms with Gasteiger partial charge in [0.05, 0.1) is 0 Å². The quantitative estimate of drug-likeness (QED) is 0.691. The molecular weight excluding hydrogens is 286 g/mol. The molecule has 0 bridgehead atoms. The molecule has 1 aromatic carbocycles. The van der Waals surface area contributed by atoms with E-state index in [-0.39, 0.29) is 5.91 Å². The lowest BCUT2D eigenvalue weighted by Gasteiger charge is -2.28. The van der Waals surface area contributed by atoms with Crippen molar-refractivity contribution in [3.8, 4) is 0 Å². The fourth-order valence-electron chi connectivity index (χ4n) is 2.85. The van der Waals surface area contributed by atoms with Gasteiger partial charge in [-0.15, -0.1) is 0 Å². The van der Waals surface area contributed by atoms with Crippen LogP contribution >= 0.6 is 0 Å². The number of hydrogen-bond donors (Lipinski definition) is 2. The van der Waals surface area contributed by atoms with Gasteiger partial charge in [0.25, 0.3) is 5.91 Å². The van der Waals surface area contributed by atoms with E-state index in [0.717, 1.165) is 29.7 Å². The molecule has 3 nitrogen and oxygen atoms in total. The topological polar surface area (TPSA) is 49.3 Å². The zero-order chi connectivity index (χ0) is 17.6. The average Bonchev–Trinajstić information content (AvgIpc) is 2.52. The summed E-state index contributed by atoms with van der Waals surface area (Å²) in [6.07, 6.45) is 2.75. The van der Waals surface area contributed by atoms with Crippen molar-refractivity contribution in [2.45, 2.75) is 84.7 Å². The number of benzene rings is 1. The molecule has 1 rings (SSSR count). The van der Waals surface area contributed by atoms with Crippen molar-refractivity contribution in [3.63, 3.8) is 0 Å². The van der Waals surface area contributed by atoms with Gasteiger partial charge in [-0.25, -0.2) is 0 Å². The van der Waals surface area contributed by atoms with Crippen molar-refractivity contribution in [1.29, 1.82) is 0 Å². The highest BCUT2D eigenvalue weighted by molar-refractivity contribution is 5.98. The van der Waals surface area contributed by atoms with Crippen LogP contribution in [0.3, 0.4) is 0 Å². The zero-order valence-corrected chi connectivity index (χ0v) is 15.6. The van der Waals surface area contributed by atoms with Gasteiger partial charge < -0.3 is 10.4 Å². The summed E-state index contributed by atoms with van der Waals surface area (Å²) in [5, 5.41) is 13.8. The molecule has 0 radical (unpaired) electrons. The van der Waals surface area contributed by atoms with E-state index >= 15 is 0 Å². The SMILES string of the molecule is CCCC[C@@](O)(CC)C(=O)Nc1c(C(C)C)cccc1C(C)C. The minimum absolute atomic E-state index is 0.275. The molecule has 0 unspecified atom stereocenters. The van der Waals surface area contributed by atoms with E-state index in [9.17, 15) is 9.90 Å². The van der Waals surface area contributed by atoms with Gasteiger partial charge >= 0.3 is 0 Å². The van der Waals surface area contributed by atoms with E-state index in [1.54, 1.807) is 0 Å². The van der Waals surface area contributed by atoms with Crippen LogP contribution in [0.5, 0.6) is 0 Å². The van der Waals surface area contributed by atoms with Gasteiger partial charge in [-0.2, -0.15) is 0 Å². The highest BCUT2D eigenvalue weighted by Gasteiger charge is 2.34.